The van der Waals surface area contributed by atoms with Crippen molar-refractivity contribution in [3.63, 3.8) is 0 Å². The van der Waals surface area contributed by atoms with E-state index >= 15 is 0 Å². The molecular formula is C11H13ClN2O4. The molecule has 0 spiro atoms. The third kappa shape index (κ3) is 4.14. The number of benzene rings is 1. The Kier molecular flexibility index (Phi) is 5.26. The van der Waals surface area contributed by atoms with Crippen LogP contribution in [0.1, 0.15) is 0 Å². The van der Waals surface area contributed by atoms with E-state index < -0.39 is 6.09 Å². The second-order valence-electron chi connectivity index (χ2n) is 3.24. The maximum absolute atomic E-state index is 11.4. The summed E-state index contributed by atoms with van der Waals surface area (Å²) in [5.74, 6) is 0.129. The molecule has 1 aromatic rings. The van der Waals surface area contributed by atoms with Crippen LogP contribution in [0.2, 0.25) is 5.02 Å². The van der Waals surface area contributed by atoms with E-state index in [1.165, 1.54) is 14.2 Å². The molecule has 0 bridgehead atoms. The summed E-state index contributed by atoms with van der Waals surface area (Å²) in [6.45, 7) is -0.184. The summed E-state index contributed by atoms with van der Waals surface area (Å²) in [5, 5.41) is 5.21. The zero-order valence-electron chi connectivity index (χ0n) is 9.95. The molecule has 1 aromatic carbocycles. The lowest BCUT2D eigenvalue weighted by Gasteiger charge is -2.08. The highest BCUT2D eigenvalue weighted by Crippen LogP contribution is 2.26. The number of hydrogen-bond acceptors (Lipinski definition) is 4. The molecule has 0 saturated heterocycles. The van der Waals surface area contributed by atoms with Crippen molar-refractivity contribution in [1.29, 1.82) is 0 Å². The molecule has 2 amide bonds. The van der Waals surface area contributed by atoms with E-state index in [9.17, 15) is 9.59 Å². The highest BCUT2D eigenvalue weighted by molar-refractivity contribution is 6.32. The lowest BCUT2D eigenvalue weighted by atomic mass is 10.3. The fourth-order valence-corrected chi connectivity index (χ4v) is 1.43. The summed E-state index contributed by atoms with van der Waals surface area (Å²) in [4.78, 5) is 22.2. The molecule has 0 unspecified atom stereocenters. The number of rotatable bonds is 4. The molecule has 98 valence electrons. The van der Waals surface area contributed by atoms with Gasteiger partial charge in [0.15, 0.2) is 0 Å². The highest BCUT2D eigenvalue weighted by Gasteiger charge is 2.07. The van der Waals surface area contributed by atoms with Gasteiger partial charge in [-0.3, -0.25) is 4.79 Å². The second kappa shape index (κ2) is 6.70. The van der Waals surface area contributed by atoms with Gasteiger partial charge in [-0.05, 0) is 18.2 Å². The number of alkyl carbamates (subject to hydrolysis) is 1. The summed E-state index contributed by atoms with van der Waals surface area (Å²) in [7, 11) is 2.72. The van der Waals surface area contributed by atoms with Crippen molar-refractivity contribution in [2.24, 2.45) is 0 Å². The minimum atomic E-state index is -0.669. The molecule has 0 aromatic heterocycles. The number of carbonyl (C=O) groups is 2. The van der Waals surface area contributed by atoms with E-state index in [1.807, 2.05) is 0 Å². The standard InChI is InChI=1S/C11H13ClN2O4/c1-17-9-4-3-7(5-8(9)12)14-10(15)6-13-11(16)18-2/h3-5H,6H2,1-2H3,(H,13,16)(H,14,15). The topological polar surface area (TPSA) is 76.7 Å². The number of carbonyl (C=O) groups excluding carboxylic acids is 2. The van der Waals surface area contributed by atoms with Crippen LogP contribution in [-0.4, -0.2) is 32.8 Å². The van der Waals surface area contributed by atoms with Crippen molar-refractivity contribution < 1.29 is 19.1 Å². The molecule has 0 atom stereocenters. The first-order valence-corrected chi connectivity index (χ1v) is 5.40. The summed E-state index contributed by atoms with van der Waals surface area (Å²) >= 11 is 5.90. The Morgan fingerprint density at radius 3 is 2.61 bits per heavy atom. The van der Waals surface area contributed by atoms with Crippen LogP contribution in [0.15, 0.2) is 18.2 Å². The van der Waals surface area contributed by atoms with Gasteiger partial charge in [-0.25, -0.2) is 4.79 Å². The third-order valence-corrected chi connectivity index (χ3v) is 2.31. The highest BCUT2D eigenvalue weighted by atomic mass is 35.5. The Morgan fingerprint density at radius 1 is 1.33 bits per heavy atom. The van der Waals surface area contributed by atoms with Crippen molar-refractivity contribution >= 4 is 29.3 Å². The number of methoxy groups -OCH3 is 2. The summed E-state index contributed by atoms with van der Waals surface area (Å²) in [5.41, 5.74) is 0.512. The molecule has 0 saturated carbocycles. The molecule has 7 heteroatoms. The molecule has 6 nitrogen and oxygen atoms in total. The summed E-state index contributed by atoms with van der Waals surface area (Å²) in [6.07, 6.45) is -0.669. The van der Waals surface area contributed by atoms with Gasteiger partial charge in [0.05, 0.1) is 19.2 Å². The van der Waals surface area contributed by atoms with Crippen LogP contribution in [0, 0.1) is 0 Å². The van der Waals surface area contributed by atoms with Crippen LogP contribution in [-0.2, 0) is 9.53 Å². The molecule has 0 aliphatic carbocycles. The Bertz CT molecular complexity index is 451. The van der Waals surface area contributed by atoms with Gasteiger partial charge < -0.3 is 20.1 Å². The van der Waals surface area contributed by atoms with Crippen molar-refractivity contribution in [3.8, 4) is 5.75 Å². The minimum Gasteiger partial charge on any atom is -0.495 e. The zero-order valence-corrected chi connectivity index (χ0v) is 10.7. The molecule has 18 heavy (non-hydrogen) atoms. The van der Waals surface area contributed by atoms with Gasteiger partial charge in [0, 0.05) is 5.69 Å². The van der Waals surface area contributed by atoms with Gasteiger partial charge in [0.1, 0.15) is 12.3 Å². The fourth-order valence-electron chi connectivity index (χ4n) is 1.17. The van der Waals surface area contributed by atoms with Gasteiger partial charge in [0.2, 0.25) is 5.91 Å². The third-order valence-electron chi connectivity index (χ3n) is 2.01. The summed E-state index contributed by atoms with van der Waals surface area (Å²) in [6, 6.07) is 4.82. The Hall–Kier alpha value is -1.95. The Morgan fingerprint density at radius 2 is 2.06 bits per heavy atom. The van der Waals surface area contributed by atoms with Gasteiger partial charge in [-0.2, -0.15) is 0 Å². The van der Waals surface area contributed by atoms with Crippen LogP contribution in [0.4, 0.5) is 10.5 Å². The Balaban J connectivity index is 2.54. The van der Waals surface area contributed by atoms with Crippen molar-refractivity contribution in [3.05, 3.63) is 23.2 Å². The first kappa shape index (κ1) is 14.1. The predicted octanol–water partition coefficient (Wildman–Crippen LogP) is 1.64. The van der Waals surface area contributed by atoms with Crippen molar-refractivity contribution in [1.82, 2.24) is 5.32 Å². The van der Waals surface area contributed by atoms with Crippen LogP contribution in [0.5, 0.6) is 5.75 Å². The second-order valence-corrected chi connectivity index (χ2v) is 3.65. The first-order chi connectivity index (χ1) is 8.56. The van der Waals surface area contributed by atoms with E-state index in [0.29, 0.717) is 16.5 Å². The maximum Gasteiger partial charge on any atom is 0.407 e. The van der Waals surface area contributed by atoms with Crippen LogP contribution in [0.25, 0.3) is 0 Å². The molecule has 0 heterocycles. The van der Waals surface area contributed by atoms with Crippen LogP contribution >= 0.6 is 11.6 Å². The number of amides is 2. The number of ether oxygens (including phenoxy) is 2. The van der Waals surface area contributed by atoms with Crippen LogP contribution < -0.4 is 15.4 Å². The van der Waals surface area contributed by atoms with E-state index in [0.717, 1.165) is 0 Å². The lowest BCUT2D eigenvalue weighted by molar-refractivity contribution is -0.115. The predicted molar refractivity (Wildman–Crippen MR) is 67.0 cm³/mol. The number of hydrogen-bond donors (Lipinski definition) is 2. The van der Waals surface area contributed by atoms with Gasteiger partial charge >= 0.3 is 6.09 Å². The molecule has 2 N–H and O–H groups in total. The number of nitrogens with one attached hydrogen (secondary N) is 2. The average Bonchev–Trinajstić information content (AvgIpc) is 2.36. The maximum atomic E-state index is 11.4. The zero-order chi connectivity index (χ0) is 13.5. The molecule has 0 aliphatic heterocycles. The van der Waals surface area contributed by atoms with Crippen molar-refractivity contribution in [2.45, 2.75) is 0 Å². The van der Waals surface area contributed by atoms with E-state index in [-0.39, 0.29) is 12.5 Å². The van der Waals surface area contributed by atoms with Gasteiger partial charge in [-0.1, -0.05) is 11.6 Å². The number of anilines is 1. The number of halogens is 1. The molecule has 0 radical (unpaired) electrons. The van der Waals surface area contributed by atoms with Gasteiger partial charge in [-0.15, -0.1) is 0 Å². The largest absolute Gasteiger partial charge is 0.495 e. The van der Waals surface area contributed by atoms with Crippen molar-refractivity contribution in [2.75, 3.05) is 26.1 Å². The Labute approximate surface area is 109 Å². The molecule has 0 aliphatic rings. The minimum absolute atomic E-state index is 0.184. The van der Waals surface area contributed by atoms with E-state index in [1.54, 1.807) is 18.2 Å². The molecule has 1 rings (SSSR count). The molecule has 0 fully saturated rings. The lowest BCUT2D eigenvalue weighted by Crippen LogP contribution is -2.32. The monoisotopic (exact) mass is 272 g/mol. The average molecular weight is 273 g/mol. The quantitative estimate of drug-likeness (QED) is 0.874. The van der Waals surface area contributed by atoms with E-state index in [4.69, 9.17) is 16.3 Å². The SMILES string of the molecule is COC(=O)NCC(=O)Nc1ccc(OC)c(Cl)c1. The fraction of sp³-hybridized carbons (Fsp3) is 0.273. The first-order valence-electron chi connectivity index (χ1n) is 5.02. The smallest absolute Gasteiger partial charge is 0.407 e. The molecular weight excluding hydrogens is 260 g/mol. The normalized spacial score (nSPS) is 9.50. The van der Waals surface area contributed by atoms with Gasteiger partial charge in [0.25, 0.3) is 0 Å². The summed E-state index contributed by atoms with van der Waals surface area (Å²) < 4.78 is 9.31. The van der Waals surface area contributed by atoms with Crippen LogP contribution in [0.3, 0.4) is 0 Å². The van der Waals surface area contributed by atoms with E-state index in [2.05, 4.69) is 15.4 Å².